The van der Waals surface area contributed by atoms with E-state index < -0.39 is 0 Å². The van der Waals surface area contributed by atoms with Gasteiger partial charge >= 0.3 is 0 Å². The third-order valence-electron chi connectivity index (χ3n) is 2.14. The Morgan fingerprint density at radius 2 is 1.62 bits per heavy atom. The van der Waals surface area contributed by atoms with Crippen molar-refractivity contribution in [2.45, 2.75) is 46.7 Å². The molecule has 1 aromatic carbocycles. The van der Waals surface area contributed by atoms with E-state index in [1.54, 1.807) is 0 Å². The molecule has 0 atom stereocenters. The number of aryl methyl sites for hydroxylation is 1. The molecule has 0 unspecified atom stereocenters. The maximum atomic E-state index is 4.62. The average molecular weight is 218 g/mol. The van der Waals surface area contributed by atoms with Crippen molar-refractivity contribution in [1.82, 2.24) is 5.32 Å². The van der Waals surface area contributed by atoms with Crippen molar-refractivity contribution in [2.75, 3.05) is 0 Å². The van der Waals surface area contributed by atoms with Crippen LogP contribution >= 0.6 is 0 Å². The summed E-state index contributed by atoms with van der Waals surface area (Å²) >= 11 is 0. The van der Waals surface area contributed by atoms with Crippen LogP contribution in [-0.4, -0.2) is 17.9 Å². The van der Waals surface area contributed by atoms with Crippen LogP contribution in [0.25, 0.3) is 0 Å². The molecule has 0 fully saturated rings. The summed E-state index contributed by atoms with van der Waals surface area (Å²) in [5.74, 6) is 0.991. The first-order valence-corrected chi connectivity index (χ1v) is 5.90. The predicted octanol–water partition coefficient (Wildman–Crippen LogP) is 3.15. The molecule has 0 aliphatic heterocycles. The Hall–Kier alpha value is -1.31. The van der Waals surface area contributed by atoms with Gasteiger partial charge in [0.05, 0.1) is 0 Å². The summed E-state index contributed by atoms with van der Waals surface area (Å²) in [6, 6.07) is 9.18. The zero-order chi connectivity index (χ0) is 12.1. The standard InChI is InChI=1S/C14H22N2/c1-10(2)15-14(16-11(3)4)13-8-6-12(5)7-9-13/h6-11H,1-5H3,(H,15,16). The predicted molar refractivity (Wildman–Crippen MR) is 71.1 cm³/mol. The van der Waals surface area contributed by atoms with Crippen LogP contribution < -0.4 is 5.32 Å². The third-order valence-corrected chi connectivity index (χ3v) is 2.14. The molecule has 0 spiro atoms. The van der Waals surface area contributed by atoms with Crippen molar-refractivity contribution < 1.29 is 0 Å². The van der Waals surface area contributed by atoms with Crippen LogP contribution in [0.3, 0.4) is 0 Å². The molecule has 2 nitrogen and oxygen atoms in total. The molecule has 0 amide bonds. The molecule has 2 heteroatoms. The fraction of sp³-hybridized carbons (Fsp3) is 0.500. The number of benzene rings is 1. The summed E-state index contributed by atoms with van der Waals surface area (Å²) < 4.78 is 0. The van der Waals surface area contributed by atoms with Crippen LogP contribution in [0, 0.1) is 6.92 Å². The lowest BCUT2D eigenvalue weighted by atomic mass is 10.1. The molecule has 0 saturated heterocycles. The van der Waals surface area contributed by atoms with Gasteiger partial charge in [0.25, 0.3) is 0 Å². The molecule has 0 radical (unpaired) electrons. The molecule has 16 heavy (non-hydrogen) atoms. The number of amidine groups is 1. The Balaban J connectivity index is 2.96. The van der Waals surface area contributed by atoms with Crippen LogP contribution in [0.1, 0.15) is 38.8 Å². The van der Waals surface area contributed by atoms with Crippen molar-refractivity contribution in [3.63, 3.8) is 0 Å². The van der Waals surface area contributed by atoms with Gasteiger partial charge in [0.15, 0.2) is 0 Å². The summed E-state index contributed by atoms with van der Waals surface area (Å²) in [5.41, 5.74) is 2.44. The highest BCUT2D eigenvalue weighted by Crippen LogP contribution is 2.05. The van der Waals surface area contributed by atoms with E-state index >= 15 is 0 Å². The van der Waals surface area contributed by atoms with E-state index in [0.717, 1.165) is 11.4 Å². The van der Waals surface area contributed by atoms with E-state index in [9.17, 15) is 0 Å². The summed E-state index contributed by atoms with van der Waals surface area (Å²) in [7, 11) is 0. The normalized spacial score (nSPS) is 12.3. The summed E-state index contributed by atoms with van der Waals surface area (Å²) in [5, 5.41) is 3.40. The van der Waals surface area contributed by atoms with Crippen molar-refractivity contribution in [1.29, 1.82) is 0 Å². The highest BCUT2D eigenvalue weighted by molar-refractivity contribution is 5.99. The van der Waals surface area contributed by atoms with Crippen LogP contribution in [0.4, 0.5) is 0 Å². The van der Waals surface area contributed by atoms with E-state index in [-0.39, 0.29) is 0 Å². The molecule has 0 heterocycles. The minimum absolute atomic E-state index is 0.308. The second-order valence-corrected chi connectivity index (χ2v) is 4.74. The van der Waals surface area contributed by atoms with E-state index in [1.165, 1.54) is 5.56 Å². The molecule has 0 saturated carbocycles. The maximum Gasteiger partial charge on any atom is 0.128 e. The zero-order valence-corrected chi connectivity index (χ0v) is 10.9. The Morgan fingerprint density at radius 1 is 1.06 bits per heavy atom. The molecular weight excluding hydrogens is 196 g/mol. The van der Waals surface area contributed by atoms with Crippen LogP contribution in [0.5, 0.6) is 0 Å². The Kier molecular flexibility index (Phi) is 4.53. The smallest absolute Gasteiger partial charge is 0.128 e. The van der Waals surface area contributed by atoms with E-state index in [0.29, 0.717) is 12.1 Å². The highest BCUT2D eigenvalue weighted by atomic mass is 15.0. The minimum atomic E-state index is 0.308. The Bertz CT molecular complexity index is 348. The van der Waals surface area contributed by atoms with Crippen LogP contribution in [0.2, 0.25) is 0 Å². The van der Waals surface area contributed by atoms with Crippen LogP contribution in [0.15, 0.2) is 29.3 Å². The quantitative estimate of drug-likeness (QED) is 0.611. The summed E-state index contributed by atoms with van der Waals surface area (Å²) in [4.78, 5) is 4.62. The Labute approximate surface area is 98.8 Å². The molecule has 1 N–H and O–H groups in total. The lowest BCUT2D eigenvalue weighted by Gasteiger charge is -2.14. The van der Waals surface area contributed by atoms with E-state index in [2.05, 4.69) is 69.2 Å². The molecule has 0 bridgehead atoms. The molecule has 1 rings (SSSR count). The van der Waals surface area contributed by atoms with E-state index in [4.69, 9.17) is 0 Å². The fourth-order valence-electron chi connectivity index (χ4n) is 1.44. The van der Waals surface area contributed by atoms with Crippen molar-refractivity contribution in [3.05, 3.63) is 35.4 Å². The first kappa shape index (κ1) is 12.8. The van der Waals surface area contributed by atoms with Gasteiger partial charge in [-0.2, -0.15) is 0 Å². The van der Waals surface area contributed by atoms with Gasteiger partial charge in [-0.1, -0.05) is 29.8 Å². The van der Waals surface area contributed by atoms with Gasteiger partial charge in [0.1, 0.15) is 5.84 Å². The number of aliphatic imine (C=N–C) groups is 1. The topological polar surface area (TPSA) is 24.4 Å². The second kappa shape index (κ2) is 5.69. The van der Waals surface area contributed by atoms with Gasteiger partial charge in [-0.05, 0) is 34.6 Å². The van der Waals surface area contributed by atoms with Gasteiger partial charge < -0.3 is 5.32 Å². The number of nitrogens with one attached hydrogen (secondary N) is 1. The first-order chi connectivity index (χ1) is 7.49. The molecule has 0 aliphatic rings. The molecule has 1 aromatic rings. The van der Waals surface area contributed by atoms with Gasteiger partial charge in [0, 0.05) is 17.6 Å². The first-order valence-electron chi connectivity index (χ1n) is 5.90. The molecular formula is C14H22N2. The molecule has 0 aliphatic carbocycles. The van der Waals surface area contributed by atoms with Crippen LogP contribution in [-0.2, 0) is 0 Å². The maximum absolute atomic E-state index is 4.62. The average Bonchev–Trinajstić information content (AvgIpc) is 2.16. The number of hydrogen-bond acceptors (Lipinski definition) is 1. The number of rotatable bonds is 3. The highest BCUT2D eigenvalue weighted by Gasteiger charge is 2.05. The summed E-state index contributed by atoms with van der Waals surface area (Å²) in [6.07, 6.45) is 0. The fourth-order valence-corrected chi connectivity index (χ4v) is 1.44. The second-order valence-electron chi connectivity index (χ2n) is 4.74. The van der Waals surface area contributed by atoms with Crippen molar-refractivity contribution >= 4 is 5.84 Å². The van der Waals surface area contributed by atoms with Gasteiger partial charge in [-0.25, -0.2) is 0 Å². The third kappa shape index (κ3) is 4.05. The molecule has 88 valence electrons. The van der Waals surface area contributed by atoms with Gasteiger partial charge in [-0.15, -0.1) is 0 Å². The van der Waals surface area contributed by atoms with E-state index in [1.807, 2.05) is 0 Å². The lowest BCUT2D eigenvalue weighted by molar-refractivity contribution is 0.719. The minimum Gasteiger partial charge on any atom is -0.368 e. The van der Waals surface area contributed by atoms with Gasteiger partial charge in [0.2, 0.25) is 0 Å². The SMILES string of the molecule is Cc1ccc(C(=NC(C)C)NC(C)C)cc1. The molecule has 0 aromatic heterocycles. The largest absolute Gasteiger partial charge is 0.368 e. The summed E-state index contributed by atoms with van der Waals surface area (Å²) in [6.45, 7) is 10.5. The Morgan fingerprint density at radius 3 is 2.06 bits per heavy atom. The number of hydrogen-bond donors (Lipinski definition) is 1. The zero-order valence-electron chi connectivity index (χ0n) is 10.9. The van der Waals surface area contributed by atoms with Crippen molar-refractivity contribution in [3.8, 4) is 0 Å². The lowest BCUT2D eigenvalue weighted by Crippen LogP contribution is -2.31. The van der Waals surface area contributed by atoms with Gasteiger partial charge in [-0.3, -0.25) is 4.99 Å². The van der Waals surface area contributed by atoms with Crippen molar-refractivity contribution in [2.24, 2.45) is 4.99 Å². The monoisotopic (exact) mass is 218 g/mol. The number of nitrogens with zero attached hydrogens (tertiary/aromatic N) is 1.